The topological polar surface area (TPSA) is 59.8 Å². The predicted molar refractivity (Wildman–Crippen MR) is 136 cm³/mol. The Morgan fingerprint density at radius 2 is 1.89 bits per heavy atom. The Hall–Kier alpha value is -3.28. The summed E-state index contributed by atoms with van der Waals surface area (Å²) in [5.74, 6) is 0.300. The van der Waals surface area contributed by atoms with E-state index in [0.717, 1.165) is 41.1 Å². The zero-order valence-electron chi connectivity index (χ0n) is 21.4. The third-order valence-electron chi connectivity index (χ3n) is 7.11. The third-order valence-corrected chi connectivity index (χ3v) is 7.11. The number of allylic oxidation sites excluding steroid dienone is 2. The van der Waals surface area contributed by atoms with Crippen molar-refractivity contribution in [2.24, 2.45) is 10.8 Å². The minimum atomic E-state index is -0.830. The second-order valence-electron chi connectivity index (χ2n) is 12.1. The van der Waals surface area contributed by atoms with Gasteiger partial charge in [0.05, 0.1) is 17.3 Å². The zero-order valence-corrected chi connectivity index (χ0v) is 21.4. The summed E-state index contributed by atoms with van der Waals surface area (Å²) in [7, 11) is 0. The third kappa shape index (κ3) is 4.09. The van der Waals surface area contributed by atoms with Crippen LogP contribution in [0.1, 0.15) is 65.5 Å². The number of nitrogens with zero attached hydrogens (tertiary/aromatic N) is 3. The number of ketones is 1. The Balaban J connectivity index is 1.71. The Labute approximate surface area is 206 Å². The van der Waals surface area contributed by atoms with E-state index in [1.807, 2.05) is 36.0 Å². The quantitative estimate of drug-likeness (QED) is 0.472. The number of anilines is 1. The van der Waals surface area contributed by atoms with Gasteiger partial charge in [-0.3, -0.25) is 9.48 Å². The van der Waals surface area contributed by atoms with E-state index in [1.54, 1.807) is 0 Å². The molecule has 0 unspecified atom stereocenters. The summed E-state index contributed by atoms with van der Waals surface area (Å²) in [6.45, 7) is 13.6. The molecule has 1 aliphatic heterocycles. The molecule has 1 aromatic carbocycles. The van der Waals surface area contributed by atoms with Crippen LogP contribution in [0.4, 0.5) is 10.2 Å². The average molecular weight is 473 g/mol. The summed E-state index contributed by atoms with van der Waals surface area (Å²) in [6.07, 6.45) is 4.25. The van der Waals surface area contributed by atoms with Crippen LogP contribution in [0.15, 0.2) is 60.1 Å². The molecule has 3 aromatic rings. The standard InChI is InChI=1S/C29H33FN4O/c1-27(2,3)17-34-23(10-11-32-34)18-8-7-9-19(12-18)29(6)21-13-20(30)16-31-26(21)33-22-14-28(4,5)15-24(35)25(22)29/h7-13,16H,14-15,17H2,1-6H3,(H,31,33)/t29-/m0/s1. The van der Waals surface area contributed by atoms with Gasteiger partial charge in [-0.05, 0) is 47.9 Å². The van der Waals surface area contributed by atoms with Gasteiger partial charge in [-0.25, -0.2) is 9.37 Å². The minimum absolute atomic E-state index is 0.0720. The molecule has 5 rings (SSSR count). The molecule has 2 aromatic heterocycles. The number of halogens is 1. The van der Waals surface area contributed by atoms with Crippen LogP contribution in [0.2, 0.25) is 0 Å². The van der Waals surface area contributed by atoms with Gasteiger partial charge in [-0.15, -0.1) is 0 Å². The van der Waals surface area contributed by atoms with Crippen LogP contribution < -0.4 is 5.32 Å². The summed E-state index contributed by atoms with van der Waals surface area (Å²) in [5, 5.41) is 7.94. The number of hydrogen-bond acceptors (Lipinski definition) is 4. The van der Waals surface area contributed by atoms with Gasteiger partial charge in [0.1, 0.15) is 11.6 Å². The Kier molecular flexibility index (Phi) is 5.28. The number of fused-ring (bicyclic) bond motifs is 1. The first kappa shape index (κ1) is 23.5. The molecular weight excluding hydrogens is 439 g/mol. The molecule has 0 amide bonds. The van der Waals surface area contributed by atoms with Crippen LogP contribution in [0.25, 0.3) is 11.3 Å². The first-order valence-electron chi connectivity index (χ1n) is 12.2. The molecule has 0 saturated carbocycles. The summed E-state index contributed by atoms with van der Waals surface area (Å²) < 4.78 is 16.5. The second-order valence-corrected chi connectivity index (χ2v) is 12.1. The van der Waals surface area contributed by atoms with Gasteiger partial charge in [-0.1, -0.05) is 52.8 Å². The molecule has 2 aliphatic rings. The number of aromatic nitrogens is 3. The molecule has 6 heteroatoms. The largest absolute Gasteiger partial charge is 0.343 e. The number of carbonyl (C=O) groups is 1. The van der Waals surface area contributed by atoms with E-state index in [1.165, 1.54) is 12.3 Å². The van der Waals surface area contributed by atoms with Crippen LogP contribution in [0.3, 0.4) is 0 Å². The average Bonchev–Trinajstić information content (AvgIpc) is 3.19. The van der Waals surface area contributed by atoms with E-state index in [9.17, 15) is 9.18 Å². The highest BCUT2D eigenvalue weighted by molar-refractivity contribution is 6.02. The lowest BCUT2D eigenvalue weighted by Crippen LogP contribution is -2.42. The fourth-order valence-electron chi connectivity index (χ4n) is 5.65. The summed E-state index contributed by atoms with van der Waals surface area (Å²) >= 11 is 0. The fraction of sp³-hybridized carbons (Fsp3) is 0.414. The number of benzene rings is 1. The number of rotatable bonds is 3. The van der Waals surface area contributed by atoms with Crippen molar-refractivity contribution in [1.29, 1.82) is 0 Å². The molecule has 35 heavy (non-hydrogen) atoms. The molecule has 3 heterocycles. The molecule has 5 nitrogen and oxygen atoms in total. The SMILES string of the molecule is CC(C)(C)Cn1nccc1-c1cccc([C@]2(C)C3=C(CC(C)(C)CC3=O)Nc3ncc(F)cc32)c1. The highest BCUT2D eigenvalue weighted by Gasteiger charge is 2.48. The van der Waals surface area contributed by atoms with Gasteiger partial charge in [0.15, 0.2) is 5.78 Å². The molecule has 1 N–H and O–H groups in total. The molecule has 182 valence electrons. The summed E-state index contributed by atoms with van der Waals surface area (Å²) in [4.78, 5) is 18.0. The van der Waals surface area contributed by atoms with Crippen molar-refractivity contribution in [3.8, 4) is 11.3 Å². The monoisotopic (exact) mass is 472 g/mol. The first-order chi connectivity index (χ1) is 16.4. The molecule has 0 spiro atoms. The van der Waals surface area contributed by atoms with Crippen LogP contribution in [-0.2, 0) is 16.8 Å². The number of nitrogens with one attached hydrogen (secondary N) is 1. The second kappa shape index (κ2) is 7.87. The van der Waals surface area contributed by atoms with Crippen molar-refractivity contribution < 1.29 is 9.18 Å². The van der Waals surface area contributed by atoms with Crippen molar-refractivity contribution in [2.75, 3.05) is 5.32 Å². The summed E-state index contributed by atoms with van der Waals surface area (Å²) in [5.41, 5.74) is 4.36. The lowest BCUT2D eigenvalue weighted by molar-refractivity contribution is -0.118. The fourth-order valence-corrected chi connectivity index (χ4v) is 5.65. The van der Waals surface area contributed by atoms with Crippen LogP contribution in [0, 0.1) is 16.6 Å². The Morgan fingerprint density at radius 1 is 1.11 bits per heavy atom. The van der Waals surface area contributed by atoms with Gasteiger partial charge < -0.3 is 5.32 Å². The molecule has 1 atom stereocenters. The molecule has 1 aliphatic carbocycles. The van der Waals surface area contributed by atoms with Gasteiger partial charge in [0, 0.05) is 41.6 Å². The van der Waals surface area contributed by atoms with E-state index in [0.29, 0.717) is 17.8 Å². The maximum absolute atomic E-state index is 14.5. The zero-order chi connectivity index (χ0) is 25.2. The van der Waals surface area contributed by atoms with E-state index < -0.39 is 11.2 Å². The number of carbonyl (C=O) groups excluding carboxylic acids is 1. The highest BCUT2D eigenvalue weighted by atomic mass is 19.1. The molecule has 0 fully saturated rings. The van der Waals surface area contributed by atoms with Crippen molar-refractivity contribution in [2.45, 2.75) is 66.3 Å². The highest BCUT2D eigenvalue weighted by Crippen LogP contribution is 2.52. The van der Waals surface area contributed by atoms with Crippen LogP contribution in [-0.4, -0.2) is 20.5 Å². The molecule has 0 saturated heterocycles. The number of hydrogen-bond donors (Lipinski definition) is 1. The van der Waals surface area contributed by atoms with E-state index in [4.69, 9.17) is 0 Å². The van der Waals surface area contributed by atoms with Crippen LogP contribution in [0.5, 0.6) is 0 Å². The lowest BCUT2D eigenvalue weighted by atomic mass is 9.62. The van der Waals surface area contributed by atoms with Crippen molar-refractivity contribution in [1.82, 2.24) is 14.8 Å². The Bertz CT molecular complexity index is 1360. The smallest absolute Gasteiger partial charge is 0.162 e. The van der Waals surface area contributed by atoms with Gasteiger partial charge in [0.2, 0.25) is 0 Å². The summed E-state index contributed by atoms with van der Waals surface area (Å²) in [6, 6.07) is 11.8. The van der Waals surface area contributed by atoms with E-state index >= 15 is 0 Å². The van der Waals surface area contributed by atoms with Crippen molar-refractivity contribution in [3.63, 3.8) is 0 Å². The predicted octanol–water partition coefficient (Wildman–Crippen LogP) is 6.51. The number of Topliss-reactive ketones (excluding diaryl/α,β-unsaturated/α-hetero) is 1. The Morgan fingerprint density at radius 3 is 2.63 bits per heavy atom. The van der Waals surface area contributed by atoms with Crippen LogP contribution >= 0.6 is 0 Å². The molecule has 0 radical (unpaired) electrons. The van der Waals surface area contributed by atoms with E-state index in [-0.39, 0.29) is 16.6 Å². The molecular formula is C29H33FN4O. The van der Waals surface area contributed by atoms with Gasteiger partial charge >= 0.3 is 0 Å². The van der Waals surface area contributed by atoms with Gasteiger partial charge in [-0.2, -0.15) is 5.10 Å². The van der Waals surface area contributed by atoms with Gasteiger partial charge in [0.25, 0.3) is 0 Å². The lowest BCUT2D eigenvalue weighted by Gasteiger charge is -2.44. The maximum atomic E-state index is 14.5. The van der Waals surface area contributed by atoms with Crippen molar-refractivity contribution >= 4 is 11.6 Å². The molecule has 0 bridgehead atoms. The van der Waals surface area contributed by atoms with Crippen molar-refractivity contribution in [3.05, 3.63) is 77.0 Å². The normalized spacial score (nSPS) is 21.4. The van der Waals surface area contributed by atoms with E-state index in [2.05, 4.69) is 62.2 Å². The number of pyridine rings is 1. The maximum Gasteiger partial charge on any atom is 0.162 e. The minimum Gasteiger partial charge on any atom is -0.343 e. The first-order valence-corrected chi connectivity index (χ1v) is 12.2.